The monoisotopic (exact) mass is 332 g/mol. The Morgan fingerprint density at radius 2 is 1.83 bits per heavy atom. The Labute approximate surface area is 146 Å². The van der Waals surface area contributed by atoms with Crippen LogP contribution in [0.5, 0.6) is 0 Å². The topological polar surface area (TPSA) is 57.5 Å². The molecule has 1 saturated carbocycles. The molecule has 134 valence electrons. The summed E-state index contributed by atoms with van der Waals surface area (Å²) in [4.78, 5) is 10.8. The van der Waals surface area contributed by atoms with E-state index in [4.69, 9.17) is 5.11 Å². The van der Waals surface area contributed by atoms with Crippen LogP contribution in [0.1, 0.15) is 69.8 Å². The minimum absolute atomic E-state index is 0.194. The molecule has 1 aromatic rings. The van der Waals surface area contributed by atoms with Gasteiger partial charge >= 0.3 is 5.97 Å². The number of aliphatic hydroxyl groups excluding tert-OH is 1. The van der Waals surface area contributed by atoms with E-state index in [0.29, 0.717) is 18.3 Å². The lowest BCUT2D eigenvalue weighted by Gasteiger charge is -2.28. The summed E-state index contributed by atoms with van der Waals surface area (Å²) in [7, 11) is 0. The molecule has 0 aromatic heterocycles. The fourth-order valence-electron chi connectivity index (χ4n) is 4.02. The summed E-state index contributed by atoms with van der Waals surface area (Å²) in [6.45, 7) is 0. The molecule has 0 heterocycles. The zero-order valence-electron chi connectivity index (χ0n) is 14.7. The smallest absolute Gasteiger partial charge is 0.303 e. The highest BCUT2D eigenvalue weighted by molar-refractivity contribution is 5.67. The maximum Gasteiger partial charge on any atom is 0.303 e. The highest BCUT2D eigenvalue weighted by Gasteiger charge is 2.24. The van der Waals surface area contributed by atoms with Gasteiger partial charge in [-0.15, -0.1) is 0 Å². The molecule has 2 N–H and O–H groups in total. The third-order valence-corrected chi connectivity index (χ3v) is 5.36. The summed E-state index contributed by atoms with van der Waals surface area (Å²) < 4.78 is 0. The van der Waals surface area contributed by atoms with Gasteiger partial charge in [-0.25, -0.2) is 0 Å². The minimum Gasteiger partial charge on any atom is -0.481 e. The fraction of sp³-hybridized carbons (Fsp3) is 0.667. The maximum absolute atomic E-state index is 10.8. The molecule has 1 aliphatic rings. The average Bonchev–Trinajstić information content (AvgIpc) is 2.58. The summed E-state index contributed by atoms with van der Waals surface area (Å²) in [5, 5.41) is 19.1. The summed E-state index contributed by atoms with van der Waals surface area (Å²) in [5.41, 5.74) is 1.37. The molecular formula is C21H32O3. The number of benzene rings is 1. The van der Waals surface area contributed by atoms with Gasteiger partial charge in [0.05, 0.1) is 6.10 Å². The molecule has 0 radical (unpaired) electrons. The average molecular weight is 332 g/mol. The Hall–Kier alpha value is -1.35. The van der Waals surface area contributed by atoms with Gasteiger partial charge in [-0.05, 0) is 62.3 Å². The van der Waals surface area contributed by atoms with Crippen LogP contribution >= 0.6 is 0 Å². The molecule has 3 atom stereocenters. The fourth-order valence-corrected chi connectivity index (χ4v) is 4.02. The number of hydrogen-bond donors (Lipinski definition) is 2. The molecule has 1 aromatic carbocycles. The Balaban J connectivity index is 1.55. The summed E-state index contributed by atoms with van der Waals surface area (Å²) >= 11 is 0. The molecule has 0 saturated heterocycles. The van der Waals surface area contributed by atoms with E-state index in [9.17, 15) is 9.90 Å². The SMILES string of the molecule is O=C(O)C[C@@H]1CCC[C@@H](CCC(O)CCCCc2ccccc2)C1. The summed E-state index contributed by atoms with van der Waals surface area (Å²) in [6, 6.07) is 10.5. The van der Waals surface area contributed by atoms with Gasteiger partial charge in [0.1, 0.15) is 0 Å². The molecule has 1 aliphatic carbocycles. The van der Waals surface area contributed by atoms with E-state index in [1.165, 1.54) is 12.0 Å². The van der Waals surface area contributed by atoms with Gasteiger partial charge in [0.2, 0.25) is 0 Å². The highest BCUT2D eigenvalue weighted by Crippen LogP contribution is 2.34. The van der Waals surface area contributed by atoms with Crippen molar-refractivity contribution in [2.45, 2.75) is 76.7 Å². The number of carbonyl (C=O) groups is 1. The number of aliphatic hydroxyl groups is 1. The van der Waals surface area contributed by atoms with E-state index < -0.39 is 5.97 Å². The van der Waals surface area contributed by atoms with E-state index in [1.807, 2.05) is 6.07 Å². The minimum atomic E-state index is -0.667. The van der Waals surface area contributed by atoms with E-state index >= 15 is 0 Å². The molecule has 0 spiro atoms. The lowest BCUT2D eigenvalue weighted by atomic mass is 9.77. The summed E-state index contributed by atoms with van der Waals surface area (Å²) in [6.07, 6.45) is 10.7. The normalized spacial score (nSPS) is 22.2. The maximum atomic E-state index is 10.8. The third-order valence-electron chi connectivity index (χ3n) is 5.36. The molecule has 1 fully saturated rings. The molecule has 0 amide bonds. The van der Waals surface area contributed by atoms with Crippen LogP contribution in [-0.4, -0.2) is 22.3 Å². The quantitative estimate of drug-likeness (QED) is 0.604. The number of aryl methyl sites for hydroxylation is 1. The van der Waals surface area contributed by atoms with Crippen molar-refractivity contribution in [3.05, 3.63) is 35.9 Å². The molecule has 24 heavy (non-hydrogen) atoms. The molecule has 1 unspecified atom stereocenters. The zero-order chi connectivity index (χ0) is 17.2. The van der Waals surface area contributed by atoms with Gasteiger partial charge in [-0.1, -0.05) is 49.6 Å². The third kappa shape index (κ3) is 7.48. The van der Waals surface area contributed by atoms with Crippen LogP contribution < -0.4 is 0 Å². The second-order valence-electron chi connectivity index (χ2n) is 7.46. The molecule has 0 bridgehead atoms. The molecular weight excluding hydrogens is 300 g/mol. The van der Waals surface area contributed by atoms with Crippen molar-refractivity contribution in [1.82, 2.24) is 0 Å². The van der Waals surface area contributed by atoms with Crippen LogP contribution in [0.3, 0.4) is 0 Å². The second kappa shape index (κ2) is 10.5. The van der Waals surface area contributed by atoms with Gasteiger partial charge in [-0.3, -0.25) is 4.79 Å². The first-order valence-electron chi connectivity index (χ1n) is 9.57. The van der Waals surface area contributed by atoms with Crippen LogP contribution in [0.2, 0.25) is 0 Å². The summed E-state index contributed by atoms with van der Waals surface area (Å²) in [5.74, 6) is 0.297. The van der Waals surface area contributed by atoms with Crippen molar-refractivity contribution in [1.29, 1.82) is 0 Å². The van der Waals surface area contributed by atoms with Crippen molar-refractivity contribution >= 4 is 5.97 Å². The molecule has 2 rings (SSSR count). The van der Waals surface area contributed by atoms with Crippen LogP contribution in [0.4, 0.5) is 0 Å². The number of rotatable bonds is 10. The Bertz CT molecular complexity index is 471. The molecule has 0 aliphatic heterocycles. The lowest BCUT2D eigenvalue weighted by Crippen LogP contribution is -2.19. The Morgan fingerprint density at radius 1 is 1.08 bits per heavy atom. The van der Waals surface area contributed by atoms with Crippen molar-refractivity contribution in [3.63, 3.8) is 0 Å². The first-order chi connectivity index (χ1) is 11.6. The van der Waals surface area contributed by atoms with Crippen LogP contribution in [0.15, 0.2) is 30.3 Å². The van der Waals surface area contributed by atoms with E-state index in [2.05, 4.69) is 24.3 Å². The number of aliphatic carboxylic acids is 1. The van der Waals surface area contributed by atoms with Crippen LogP contribution in [0.25, 0.3) is 0 Å². The van der Waals surface area contributed by atoms with E-state index in [1.54, 1.807) is 0 Å². The van der Waals surface area contributed by atoms with Gasteiger partial charge < -0.3 is 10.2 Å². The number of hydrogen-bond acceptors (Lipinski definition) is 2. The number of carboxylic acids is 1. The Morgan fingerprint density at radius 3 is 2.58 bits per heavy atom. The van der Waals surface area contributed by atoms with Gasteiger partial charge in [0, 0.05) is 6.42 Å². The zero-order valence-corrected chi connectivity index (χ0v) is 14.7. The largest absolute Gasteiger partial charge is 0.481 e. The van der Waals surface area contributed by atoms with Crippen LogP contribution in [-0.2, 0) is 11.2 Å². The molecule has 3 nitrogen and oxygen atoms in total. The number of unbranched alkanes of at least 4 members (excludes halogenated alkanes) is 1. The van der Waals surface area contributed by atoms with Gasteiger partial charge in [-0.2, -0.15) is 0 Å². The first-order valence-corrected chi connectivity index (χ1v) is 9.57. The van der Waals surface area contributed by atoms with Gasteiger partial charge in [0.25, 0.3) is 0 Å². The predicted molar refractivity (Wildman–Crippen MR) is 96.9 cm³/mol. The van der Waals surface area contributed by atoms with Crippen LogP contribution in [0, 0.1) is 11.8 Å². The predicted octanol–water partition coefficient (Wildman–Crippen LogP) is 4.82. The van der Waals surface area contributed by atoms with Crippen molar-refractivity contribution < 1.29 is 15.0 Å². The van der Waals surface area contributed by atoms with Crippen molar-refractivity contribution in [3.8, 4) is 0 Å². The van der Waals surface area contributed by atoms with Crippen molar-refractivity contribution in [2.75, 3.05) is 0 Å². The Kier molecular flexibility index (Phi) is 8.31. The molecule has 3 heteroatoms. The lowest BCUT2D eigenvalue weighted by molar-refractivity contribution is -0.138. The van der Waals surface area contributed by atoms with Gasteiger partial charge in [0.15, 0.2) is 0 Å². The highest BCUT2D eigenvalue weighted by atomic mass is 16.4. The van der Waals surface area contributed by atoms with E-state index in [0.717, 1.165) is 57.8 Å². The second-order valence-corrected chi connectivity index (χ2v) is 7.46. The van der Waals surface area contributed by atoms with Crippen molar-refractivity contribution in [2.24, 2.45) is 11.8 Å². The van der Waals surface area contributed by atoms with E-state index in [-0.39, 0.29) is 6.10 Å². The first kappa shape index (κ1) is 19.0. The number of carboxylic acid groups (broad SMARTS) is 1. The standard InChI is InChI=1S/C21H32O3/c22-20(12-5-4-9-17-7-2-1-3-8-17)14-13-18-10-6-11-19(15-18)16-21(23)24/h1-3,7-8,18-20,22H,4-6,9-16H2,(H,23,24)/t18-,19+,20?/m0/s1.